The molecule has 1 aromatic rings. The van der Waals surface area contributed by atoms with Crippen molar-refractivity contribution in [3.8, 4) is 0 Å². The number of nitrogens with two attached hydrogens (primary N) is 1. The van der Waals surface area contributed by atoms with Gasteiger partial charge in [-0.3, -0.25) is 19.4 Å². The number of benzene rings is 1. The van der Waals surface area contributed by atoms with Crippen molar-refractivity contribution in [2.24, 2.45) is 11.7 Å². The Morgan fingerprint density at radius 3 is 2.75 bits per heavy atom. The molecule has 2 heterocycles. The first-order valence-electron chi connectivity index (χ1n) is 10.1. The summed E-state index contributed by atoms with van der Waals surface area (Å²) in [5.41, 5.74) is 7.87. The van der Waals surface area contributed by atoms with Crippen molar-refractivity contribution in [3.63, 3.8) is 0 Å². The Hall–Kier alpha value is -1.96. The number of amides is 2. The SMILES string of the molecule is CC(C)CN1CCOC(CNC(=O)CN2Cc3ccccc3C[C@H]2C(N)=O)C1. The van der Waals surface area contributed by atoms with Crippen LogP contribution in [0.4, 0.5) is 0 Å². The third-order valence-electron chi connectivity index (χ3n) is 5.39. The average Bonchev–Trinajstić information content (AvgIpc) is 2.65. The molecule has 0 radical (unpaired) electrons. The molecular weight excluding hydrogens is 356 g/mol. The molecule has 2 amide bonds. The molecule has 0 spiro atoms. The summed E-state index contributed by atoms with van der Waals surface area (Å²) in [4.78, 5) is 28.7. The van der Waals surface area contributed by atoms with Gasteiger partial charge in [0.25, 0.3) is 0 Å². The van der Waals surface area contributed by atoms with Crippen molar-refractivity contribution < 1.29 is 14.3 Å². The van der Waals surface area contributed by atoms with Crippen molar-refractivity contribution in [2.45, 2.75) is 39.0 Å². The van der Waals surface area contributed by atoms with E-state index in [1.54, 1.807) is 0 Å². The number of hydrogen-bond donors (Lipinski definition) is 2. The number of carbonyl (C=O) groups is 2. The predicted molar refractivity (Wildman–Crippen MR) is 108 cm³/mol. The number of morpholine rings is 1. The second-order valence-corrected chi connectivity index (χ2v) is 8.25. The molecule has 3 rings (SSSR count). The first-order chi connectivity index (χ1) is 13.4. The normalized spacial score (nSPS) is 23.4. The summed E-state index contributed by atoms with van der Waals surface area (Å²) in [6, 6.07) is 7.55. The Morgan fingerprint density at radius 1 is 1.29 bits per heavy atom. The number of rotatable bonds is 7. The van der Waals surface area contributed by atoms with Crippen LogP contribution in [0, 0.1) is 5.92 Å². The molecule has 7 heteroatoms. The van der Waals surface area contributed by atoms with Crippen LogP contribution in [-0.4, -0.2) is 73.1 Å². The minimum absolute atomic E-state index is 0.00506. The van der Waals surface area contributed by atoms with Crippen molar-refractivity contribution in [2.75, 3.05) is 39.3 Å². The Labute approximate surface area is 167 Å². The van der Waals surface area contributed by atoms with Gasteiger partial charge < -0.3 is 15.8 Å². The molecular formula is C21H32N4O3. The van der Waals surface area contributed by atoms with E-state index in [2.05, 4.69) is 24.1 Å². The van der Waals surface area contributed by atoms with Gasteiger partial charge >= 0.3 is 0 Å². The molecule has 0 aliphatic carbocycles. The van der Waals surface area contributed by atoms with Gasteiger partial charge in [0.2, 0.25) is 11.8 Å². The highest BCUT2D eigenvalue weighted by molar-refractivity contribution is 5.83. The molecule has 7 nitrogen and oxygen atoms in total. The molecule has 2 aliphatic rings. The summed E-state index contributed by atoms with van der Waals surface area (Å²) in [6.45, 7) is 9.12. The van der Waals surface area contributed by atoms with Crippen molar-refractivity contribution >= 4 is 11.8 Å². The molecule has 0 aromatic heterocycles. The number of nitrogens with one attached hydrogen (secondary N) is 1. The monoisotopic (exact) mass is 388 g/mol. The topological polar surface area (TPSA) is 87.9 Å². The third-order valence-corrected chi connectivity index (χ3v) is 5.39. The van der Waals surface area contributed by atoms with Crippen molar-refractivity contribution in [3.05, 3.63) is 35.4 Å². The summed E-state index contributed by atoms with van der Waals surface area (Å²) < 4.78 is 5.79. The summed E-state index contributed by atoms with van der Waals surface area (Å²) >= 11 is 0. The molecule has 1 unspecified atom stereocenters. The van der Waals surface area contributed by atoms with E-state index in [4.69, 9.17) is 10.5 Å². The molecule has 154 valence electrons. The number of fused-ring (bicyclic) bond motifs is 1. The Balaban J connectivity index is 1.51. The molecule has 0 bridgehead atoms. The van der Waals surface area contributed by atoms with Crippen LogP contribution < -0.4 is 11.1 Å². The molecule has 1 saturated heterocycles. The van der Waals surface area contributed by atoms with Gasteiger partial charge in [-0.05, 0) is 23.5 Å². The third kappa shape index (κ3) is 5.53. The Kier molecular flexibility index (Phi) is 7.04. The lowest BCUT2D eigenvalue weighted by atomic mass is 9.93. The van der Waals surface area contributed by atoms with E-state index < -0.39 is 6.04 Å². The number of primary amides is 1. The van der Waals surface area contributed by atoms with E-state index in [-0.39, 0.29) is 24.5 Å². The zero-order valence-corrected chi connectivity index (χ0v) is 16.9. The van der Waals surface area contributed by atoms with Gasteiger partial charge in [0, 0.05) is 32.7 Å². The number of carbonyl (C=O) groups excluding carboxylic acids is 2. The van der Waals surface area contributed by atoms with Gasteiger partial charge in [-0.2, -0.15) is 0 Å². The number of ether oxygens (including phenoxy) is 1. The minimum atomic E-state index is -0.451. The first-order valence-corrected chi connectivity index (χ1v) is 10.1. The van der Waals surface area contributed by atoms with Crippen LogP contribution in [0.2, 0.25) is 0 Å². The summed E-state index contributed by atoms with van der Waals surface area (Å²) in [5.74, 6) is 0.124. The summed E-state index contributed by atoms with van der Waals surface area (Å²) in [5, 5.41) is 2.97. The van der Waals surface area contributed by atoms with Gasteiger partial charge in [0.1, 0.15) is 0 Å². The lowest BCUT2D eigenvalue weighted by molar-refractivity contribution is -0.128. The molecule has 1 fully saturated rings. The highest BCUT2D eigenvalue weighted by Crippen LogP contribution is 2.22. The molecule has 2 aliphatic heterocycles. The van der Waals surface area contributed by atoms with Gasteiger partial charge in [0.15, 0.2) is 0 Å². The summed E-state index contributed by atoms with van der Waals surface area (Å²) in [7, 11) is 0. The number of hydrogen-bond acceptors (Lipinski definition) is 5. The highest BCUT2D eigenvalue weighted by Gasteiger charge is 2.31. The molecule has 3 N–H and O–H groups in total. The van der Waals surface area contributed by atoms with Gasteiger partial charge in [-0.1, -0.05) is 38.1 Å². The zero-order valence-electron chi connectivity index (χ0n) is 16.9. The Bertz CT molecular complexity index is 694. The van der Waals surface area contributed by atoms with Crippen molar-refractivity contribution in [1.29, 1.82) is 0 Å². The van der Waals surface area contributed by atoms with Crippen LogP contribution in [0.25, 0.3) is 0 Å². The fourth-order valence-corrected chi connectivity index (χ4v) is 4.08. The Morgan fingerprint density at radius 2 is 2.04 bits per heavy atom. The highest BCUT2D eigenvalue weighted by atomic mass is 16.5. The smallest absolute Gasteiger partial charge is 0.235 e. The fraction of sp³-hybridized carbons (Fsp3) is 0.619. The summed E-state index contributed by atoms with van der Waals surface area (Å²) in [6.07, 6.45) is 0.555. The fourth-order valence-electron chi connectivity index (χ4n) is 4.08. The van der Waals surface area contributed by atoms with E-state index in [9.17, 15) is 9.59 Å². The van der Waals surface area contributed by atoms with E-state index in [0.717, 1.165) is 30.8 Å². The molecule has 28 heavy (non-hydrogen) atoms. The van der Waals surface area contributed by atoms with E-state index in [1.807, 2.05) is 29.2 Å². The van der Waals surface area contributed by atoms with Gasteiger partial charge in [0.05, 0.1) is 25.3 Å². The average molecular weight is 389 g/mol. The quantitative estimate of drug-likeness (QED) is 0.705. The number of nitrogens with zero attached hydrogens (tertiary/aromatic N) is 2. The lowest BCUT2D eigenvalue weighted by Gasteiger charge is -2.35. The van der Waals surface area contributed by atoms with Crippen LogP contribution in [0.3, 0.4) is 0 Å². The van der Waals surface area contributed by atoms with Crippen LogP contribution in [0.15, 0.2) is 24.3 Å². The zero-order chi connectivity index (χ0) is 20.1. The second-order valence-electron chi connectivity index (χ2n) is 8.25. The van der Waals surface area contributed by atoms with Gasteiger partial charge in [-0.15, -0.1) is 0 Å². The first kappa shape index (κ1) is 20.8. The van der Waals surface area contributed by atoms with Crippen LogP contribution in [0.1, 0.15) is 25.0 Å². The molecule has 0 saturated carbocycles. The van der Waals surface area contributed by atoms with E-state index in [0.29, 0.717) is 32.0 Å². The van der Waals surface area contributed by atoms with Crippen molar-refractivity contribution in [1.82, 2.24) is 15.1 Å². The van der Waals surface area contributed by atoms with Crippen LogP contribution in [-0.2, 0) is 27.3 Å². The minimum Gasteiger partial charge on any atom is -0.374 e. The van der Waals surface area contributed by atoms with E-state index in [1.165, 1.54) is 0 Å². The molecule has 2 atom stereocenters. The maximum atomic E-state index is 12.5. The molecule has 1 aromatic carbocycles. The second kappa shape index (κ2) is 9.49. The predicted octanol–water partition coefficient (Wildman–Crippen LogP) is 0.372. The maximum Gasteiger partial charge on any atom is 0.235 e. The van der Waals surface area contributed by atoms with Crippen LogP contribution >= 0.6 is 0 Å². The standard InChI is InChI=1S/C21H32N4O3/c1-15(2)11-24-7-8-28-18(13-24)10-23-20(26)14-25-12-17-6-4-3-5-16(17)9-19(25)21(22)27/h3-6,15,18-19H,7-14H2,1-2H3,(H2,22,27)(H,23,26)/t18?,19-/m0/s1. The van der Waals surface area contributed by atoms with E-state index >= 15 is 0 Å². The lowest BCUT2D eigenvalue weighted by Crippen LogP contribution is -2.53. The van der Waals surface area contributed by atoms with Gasteiger partial charge in [-0.25, -0.2) is 0 Å². The largest absolute Gasteiger partial charge is 0.374 e. The maximum absolute atomic E-state index is 12.5. The van der Waals surface area contributed by atoms with Crippen LogP contribution in [0.5, 0.6) is 0 Å².